The maximum absolute atomic E-state index is 12.7. The van der Waals surface area contributed by atoms with Crippen LogP contribution in [0.1, 0.15) is 19.3 Å². The highest BCUT2D eigenvalue weighted by Crippen LogP contribution is 2.45. The van der Waals surface area contributed by atoms with Crippen molar-refractivity contribution in [1.29, 1.82) is 0 Å². The van der Waals surface area contributed by atoms with Gasteiger partial charge in [-0.1, -0.05) is 18.0 Å². The predicted molar refractivity (Wildman–Crippen MR) is 77.0 cm³/mol. The zero-order valence-electron chi connectivity index (χ0n) is 10.7. The molecule has 0 aromatic carbocycles. The molecule has 110 valence electrons. The number of nitrogens with zero attached hydrogens (tertiary/aromatic N) is 1. The Bertz CT molecular complexity index is 643. The molecule has 3 unspecified atom stereocenters. The van der Waals surface area contributed by atoms with Gasteiger partial charge in [-0.25, -0.2) is 8.42 Å². The number of hydrogen-bond acceptors (Lipinski definition) is 4. The number of thiophene rings is 1. The van der Waals surface area contributed by atoms with E-state index in [2.05, 4.69) is 0 Å². The summed E-state index contributed by atoms with van der Waals surface area (Å²) in [6, 6.07) is 0.820. The minimum absolute atomic E-state index is 0.0565. The molecule has 3 rings (SSSR count). The van der Waals surface area contributed by atoms with Crippen LogP contribution in [0.2, 0.25) is 5.02 Å². The summed E-state index contributed by atoms with van der Waals surface area (Å²) in [4.78, 5) is 11.7. The molecule has 0 spiro atoms. The first-order valence-electron chi connectivity index (χ1n) is 6.47. The second-order valence-electron chi connectivity index (χ2n) is 5.33. The molecule has 2 fully saturated rings. The highest BCUT2D eigenvalue weighted by molar-refractivity contribution is 7.91. The number of carbonyl (C=O) groups excluding carboxylic acids is 1. The molecule has 0 radical (unpaired) electrons. The number of hydrogen-bond donors (Lipinski definition) is 1. The lowest BCUT2D eigenvalue weighted by Crippen LogP contribution is -2.46. The Morgan fingerprint density at radius 3 is 2.80 bits per heavy atom. The molecule has 1 saturated heterocycles. The molecule has 1 aliphatic heterocycles. The van der Waals surface area contributed by atoms with Crippen LogP contribution in [0.25, 0.3) is 0 Å². The minimum Gasteiger partial charge on any atom is -0.368 e. The summed E-state index contributed by atoms with van der Waals surface area (Å²) in [6.07, 6.45) is 2.86. The molecule has 1 saturated carbocycles. The third kappa shape index (κ3) is 2.07. The number of primary amides is 1. The molecule has 1 amide bonds. The molecule has 3 atom stereocenters. The summed E-state index contributed by atoms with van der Waals surface area (Å²) in [5.41, 5.74) is 5.46. The van der Waals surface area contributed by atoms with Crippen molar-refractivity contribution in [3.63, 3.8) is 0 Å². The van der Waals surface area contributed by atoms with Crippen LogP contribution in [0, 0.1) is 11.8 Å². The Hall–Kier alpha value is -0.630. The van der Waals surface area contributed by atoms with Crippen LogP contribution in [-0.2, 0) is 14.8 Å². The van der Waals surface area contributed by atoms with Crippen LogP contribution in [-0.4, -0.2) is 31.2 Å². The third-order valence-corrected chi connectivity index (χ3v) is 8.12. The van der Waals surface area contributed by atoms with Gasteiger partial charge in [0.1, 0.15) is 6.04 Å². The van der Waals surface area contributed by atoms with Crippen molar-refractivity contribution in [2.24, 2.45) is 17.6 Å². The summed E-state index contributed by atoms with van der Waals surface area (Å²) < 4.78 is 26.8. The van der Waals surface area contributed by atoms with Crippen LogP contribution in [0.3, 0.4) is 0 Å². The van der Waals surface area contributed by atoms with E-state index in [9.17, 15) is 13.2 Å². The zero-order valence-corrected chi connectivity index (χ0v) is 13.0. The second kappa shape index (κ2) is 4.98. The van der Waals surface area contributed by atoms with E-state index in [1.807, 2.05) is 0 Å². The average Bonchev–Trinajstić information content (AvgIpc) is 3.00. The third-order valence-electron chi connectivity index (χ3n) is 4.27. The van der Waals surface area contributed by atoms with E-state index in [1.165, 1.54) is 4.31 Å². The molecule has 2 aliphatic rings. The van der Waals surface area contributed by atoms with E-state index in [1.54, 1.807) is 11.4 Å². The summed E-state index contributed by atoms with van der Waals surface area (Å²) in [5.74, 6) is -0.266. The quantitative estimate of drug-likeness (QED) is 0.913. The van der Waals surface area contributed by atoms with Gasteiger partial charge >= 0.3 is 0 Å². The van der Waals surface area contributed by atoms with E-state index >= 15 is 0 Å². The Morgan fingerprint density at radius 1 is 1.45 bits per heavy atom. The van der Waals surface area contributed by atoms with Crippen LogP contribution >= 0.6 is 22.9 Å². The Kier molecular flexibility index (Phi) is 3.56. The monoisotopic (exact) mass is 334 g/mol. The van der Waals surface area contributed by atoms with Crippen molar-refractivity contribution in [3.8, 4) is 0 Å². The fraction of sp³-hybridized carbons (Fsp3) is 0.583. The van der Waals surface area contributed by atoms with Crippen molar-refractivity contribution in [3.05, 3.63) is 16.5 Å². The van der Waals surface area contributed by atoms with Crippen molar-refractivity contribution >= 4 is 38.9 Å². The summed E-state index contributed by atoms with van der Waals surface area (Å²) in [5, 5.41) is 1.83. The number of rotatable bonds is 3. The molecule has 5 nitrogen and oxygen atoms in total. The average molecular weight is 335 g/mol. The number of fused-ring (bicyclic) bond motifs is 1. The first kappa shape index (κ1) is 14.3. The molecular weight excluding hydrogens is 320 g/mol. The molecule has 2 N–H and O–H groups in total. The summed E-state index contributed by atoms with van der Waals surface area (Å²) in [7, 11) is -3.74. The molecule has 1 aromatic rings. The van der Waals surface area contributed by atoms with Crippen LogP contribution < -0.4 is 5.73 Å². The number of nitrogens with two attached hydrogens (primary N) is 1. The largest absolute Gasteiger partial charge is 0.368 e. The van der Waals surface area contributed by atoms with E-state index < -0.39 is 22.0 Å². The van der Waals surface area contributed by atoms with Crippen LogP contribution in [0.4, 0.5) is 0 Å². The smallest absolute Gasteiger partial charge is 0.254 e. The van der Waals surface area contributed by atoms with Crippen molar-refractivity contribution in [1.82, 2.24) is 4.31 Å². The molecule has 0 bridgehead atoms. The van der Waals surface area contributed by atoms with Crippen molar-refractivity contribution in [2.75, 3.05) is 6.54 Å². The Morgan fingerprint density at radius 2 is 2.20 bits per heavy atom. The van der Waals surface area contributed by atoms with Crippen LogP contribution in [0.15, 0.2) is 15.7 Å². The highest BCUT2D eigenvalue weighted by atomic mass is 35.5. The Balaban J connectivity index is 2.01. The van der Waals surface area contributed by atoms with Gasteiger partial charge in [-0.2, -0.15) is 4.31 Å². The molecular formula is C12H15ClN2O3S2. The lowest BCUT2D eigenvalue weighted by Gasteiger charge is -2.24. The second-order valence-corrected chi connectivity index (χ2v) is 8.74. The fourth-order valence-electron chi connectivity index (χ4n) is 3.44. The minimum atomic E-state index is -3.74. The maximum atomic E-state index is 12.7. The lowest BCUT2D eigenvalue weighted by molar-refractivity contribution is -0.122. The lowest BCUT2D eigenvalue weighted by atomic mass is 9.94. The fourth-order valence-corrected chi connectivity index (χ4v) is 6.92. The van der Waals surface area contributed by atoms with Gasteiger partial charge in [-0.15, -0.1) is 11.3 Å². The highest BCUT2D eigenvalue weighted by Gasteiger charge is 2.51. The molecule has 2 heterocycles. The van der Waals surface area contributed by atoms with Gasteiger partial charge in [-0.3, -0.25) is 4.79 Å². The van der Waals surface area contributed by atoms with Gasteiger partial charge in [0.05, 0.1) is 5.02 Å². The van der Waals surface area contributed by atoms with E-state index in [0.717, 1.165) is 30.6 Å². The van der Waals surface area contributed by atoms with E-state index in [4.69, 9.17) is 17.3 Å². The maximum Gasteiger partial charge on any atom is 0.254 e. The summed E-state index contributed by atoms with van der Waals surface area (Å²) >= 11 is 7.01. The Labute approximate surface area is 126 Å². The number of halogens is 1. The van der Waals surface area contributed by atoms with E-state index in [-0.39, 0.29) is 21.1 Å². The number of sulfonamides is 1. The SMILES string of the molecule is NC(=O)C1C2CCCC2CN1S(=O)(=O)c1sccc1Cl. The van der Waals surface area contributed by atoms with Gasteiger partial charge in [0.25, 0.3) is 10.0 Å². The van der Waals surface area contributed by atoms with Gasteiger partial charge in [0.2, 0.25) is 5.91 Å². The van der Waals surface area contributed by atoms with Gasteiger partial charge in [0, 0.05) is 6.54 Å². The first-order valence-corrected chi connectivity index (χ1v) is 9.17. The topological polar surface area (TPSA) is 80.5 Å². The summed E-state index contributed by atoms with van der Waals surface area (Å²) in [6.45, 7) is 0.370. The molecule has 1 aromatic heterocycles. The first-order chi connectivity index (χ1) is 9.43. The van der Waals surface area contributed by atoms with Gasteiger partial charge in [-0.05, 0) is 36.1 Å². The van der Waals surface area contributed by atoms with Gasteiger partial charge < -0.3 is 5.73 Å². The molecule has 1 aliphatic carbocycles. The van der Waals surface area contributed by atoms with Crippen LogP contribution in [0.5, 0.6) is 0 Å². The van der Waals surface area contributed by atoms with Crippen molar-refractivity contribution < 1.29 is 13.2 Å². The number of amides is 1. The number of carbonyl (C=O) groups is 1. The predicted octanol–water partition coefficient (Wildman–Crippen LogP) is 1.68. The van der Waals surface area contributed by atoms with Gasteiger partial charge in [0.15, 0.2) is 4.21 Å². The van der Waals surface area contributed by atoms with Crippen molar-refractivity contribution in [2.45, 2.75) is 29.5 Å². The molecule has 20 heavy (non-hydrogen) atoms. The van der Waals surface area contributed by atoms with E-state index in [0.29, 0.717) is 6.54 Å². The normalized spacial score (nSPS) is 30.6. The molecule has 8 heteroatoms. The standard InChI is InChI=1S/C12H15ClN2O3S2/c13-9-4-5-19-12(9)20(17,18)15-6-7-2-1-3-8(7)10(15)11(14)16/h4-5,7-8,10H,1-3,6H2,(H2,14,16). The zero-order chi connectivity index (χ0) is 14.5.